The van der Waals surface area contributed by atoms with Crippen molar-refractivity contribution in [1.29, 1.82) is 0 Å². The second-order valence-corrected chi connectivity index (χ2v) is 6.25. The van der Waals surface area contributed by atoms with E-state index in [9.17, 15) is 8.42 Å². The molecular weight excluding hydrogens is 280 g/mol. The van der Waals surface area contributed by atoms with Crippen molar-refractivity contribution in [3.05, 3.63) is 18.5 Å². The van der Waals surface area contributed by atoms with Gasteiger partial charge < -0.3 is 5.73 Å². The van der Waals surface area contributed by atoms with Crippen molar-refractivity contribution >= 4 is 21.7 Å². The van der Waals surface area contributed by atoms with Gasteiger partial charge in [0.25, 0.3) is 10.0 Å². The minimum Gasteiger partial charge on any atom is -0.381 e. The fourth-order valence-electron chi connectivity index (χ4n) is 1.79. The van der Waals surface area contributed by atoms with Gasteiger partial charge in [0.1, 0.15) is 10.7 Å². The Kier molecular flexibility index (Phi) is 3.71. The van der Waals surface area contributed by atoms with E-state index in [1.54, 1.807) is 10.7 Å². The number of nitrogen functional groups attached to an aromatic ring is 1. The van der Waals surface area contributed by atoms with Gasteiger partial charge in [-0.1, -0.05) is 0 Å². The Morgan fingerprint density at radius 1 is 1.45 bits per heavy atom. The number of hydrogen-bond acceptors (Lipinski definition) is 5. The van der Waals surface area contributed by atoms with Crippen LogP contribution in [0.4, 0.5) is 11.6 Å². The minimum absolute atomic E-state index is 0.0186. The first-order chi connectivity index (χ1) is 9.35. The van der Waals surface area contributed by atoms with Crippen molar-refractivity contribution in [2.75, 3.05) is 10.5 Å². The fraction of sp³-hybridized carbons (Fsp3) is 0.455. The van der Waals surface area contributed by atoms with E-state index < -0.39 is 10.0 Å². The van der Waals surface area contributed by atoms with Crippen molar-refractivity contribution in [3.8, 4) is 0 Å². The molecule has 0 saturated carbocycles. The number of aryl methyl sites for hydroxylation is 1. The van der Waals surface area contributed by atoms with Crippen LogP contribution in [-0.2, 0) is 16.6 Å². The molecular formula is C11H18N6O2S. The zero-order valence-corrected chi connectivity index (χ0v) is 12.4. The molecule has 0 aliphatic heterocycles. The second kappa shape index (κ2) is 5.16. The summed E-state index contributed by atoms with van der Waals surface area (Å²) in [5.74, 6) is 0.374. The Morgan fingerprint density at radius 3 is 2.70 bits per heavy atom. The molecule has 20 heavy (non-hydrogen) atoms. The number of hydrogen-bond donors (Lipinski definition) is 2. The first kappa shape index (κ1) is 14.4. The van der Waals surface area contributed by atoms with E-state index in [0.717, 1.165) is 0 Å². The van der Waals surface area contributed by atoms with Gasteiger partial charge in [0.15, 0.2) is 5.82 Å². The van der Waals surface area contributed by atoms with Crippen molar-refractivity contribution in [1.82, 2.24) is 19.6 Å². The Hall–Kier alpha value is -2.03. The lowest BCUT2D eigenvalue weighted by atomic mass is 10.4. The average Bonchev–Trinajstić information content (AvgIpc) is 2.95. The maximum Gasteiger partial charge on any atom is 0.268 e. The molecule has 0 amide bonds. The van der Waals surface area contributed by atoms with Crippen molar-refractivity contribution in [3.63, 3.8) is 0 Å². The monoisotopic (exact) mass is 298 g/mol. The third-order valence-corrected chi connectivity index (χ3v) is 4.14. The summed E-state index contributed by atoms with van der Waals surface area (Å²) in [5, 5.41) is 8.01. The fourth-order valence-corrected chi connectivity index (χ4v) is 2.91. The molecule has 0 aliphatic carbocycles. The molecule has 0 radical (unpaired) electrons. The second-order valence-electron chi connectivity index (χ2n) is 4.59. The van der Waals surface area contributed by atoms with Crippen molar-refractivity contribution in [2.24, 2.45) is 0 Å². The van der Waals surface area contributed by atoms with Crippen molar-refractivity contribution < 1.29 is 8.42 Å². The van der Waals surface area contributed by atoms with E-state index >= 15 is 0 Å². The highest BCUT2D eigenvalue weighted by Crippen LogP contribution is 2.21. The zero-order valence-electron chi connectivity index (χ0n) is 11.6. The number of nitrogens with two attached hydrogens (primary N) is 1. The molecule has 2 aromatic rings. The van der Waals surface area contributed by atoms with Gasteiger partial charge >= 0.3 is 0 Å². The molecule has 9 heteroatoms. The minimum atomic E-state index is -3.78. The molecule has 0 bridgehead atoms. The summed E-state index contributed by atoms with van der Waals surface area (Å²) in [6.07, 6.45) is 2.95. The topological polar surface area (TPSA) is 108 Å². The van der Waals surface area contributed by atoms with E-state index in [2.05, 4.69) is 14.9 Å². The van der Waals surface area contributed by atoms with Crippen LogP contribution in [0.3, 0.4) is 0 Å². The molecule has 8 nitrogen and oxygen atoms in total. The third-order valence-electron chi connectivity index (χ3n) is 2.77. The average molecular weight is 298 g/mol. The van der Waals surface area contributed by atoms with Gasteiger partial charge in [-0.3, -0.25) is 9.40 Å². The lowest BCUT2D eigenvalue weighted by molar-refractivity contribution is 0.539. The van der Waals surface area contributed by atoms with Crippen LogP contribution in [0.2, 0.25) is 0 Å². The number of nitrogens with one attached hydrogen (secondary N) is 1. The molecule has 110 valence electrons. The predicted octanol–water partition coefficient (Wildman–Crippen LogP) is 1.06. The highest BCUT2D eigenvalue weighted by atomic mass is 32.2. The Balaban J connectivity index is 2.36. The largest absolute Gasteiger partial charge is 0.381 e. The lowest BCUT2D eigenvalue weighted by Crippen LogP contribution is -2.17. The highest BCUT2D eigenvalue weighted by Gasteiger charge is 2.22. The van der Waals surface area contributed by atoms with Crippen molar-refractivity contribution in [2.45, 2.75) is 38.3 Å². The predicted molar refractivity (Wildman–Crippen MR) is 75.7 cm³/mol. The van der Waals surface area contributed by atoms with Crippen LogP contribution < -0.4 is 10.5 Å². The molecule has 0 spiro atoms. The molecule has 2 heterocycles. The van der Waals surface area contributed by atoms with Gasteiger partial charge in [-0.2, -0.15) is 10.2 Å². The van der Waals surface area contributed by atoms with Crippen LogP contribution in [0.1, 0.15) is 26.8 Å². The zero-order chi connectivity index (χ0) is 14.9. The number of nitrogens with zero attached hydrogens (tertiary/aromatic N) is 4. The van der Waals surface area contributed by atoms with E-state index in [-0.39, 0.29) is 16.8 Å². The first-order valence-corrected chi connectivity index (χ1v) is 7.72. The van der Waals surface area contributed by atoms with E-state index in [0.29, 0.717) is 12.4 Å². The Labute approximate surface area is 117 Å². The maximum absolute atomic E-state index is 12.3. The Bertz CT molecular complexity index is 700. The summed E-state index contributed by atoms with van der Waals surface area (Å²) in [6.45, 7) is 6.22. The highest BCUT2D eigenvalue weighted by molar-refractivity contribution is 7.92. The molecule has 0 atom stereocenters. The van der Waals surface area contributed by atoms with Gasteiger partial charge in [0, 0.05) is 24.8 Å². The smallest absolute Gasteiger partial charge is 0.268 e. The summed E-state index contributed by atoms with van der Waals surface area (Å²) in [5.41, 5.74) is 5.66. The summed E-state index contributed by atoms with van der Waals surface area (Å²) < 4.78 is 30.2. The third kappa shape index (κ3) is 2.62. The van der Waals surface area contributed by atoms with Gasteiger partial charge in [0.05, 0.1) is 6.20 Å². The molecule has 0 saturated heterocycles. The van der Waals surface area contributed by atoms with Gasteiger partial charge in [-0.15, -0.1) is 0 Å². The van der Waals surface area contributed by atoms with E-state index in [1.807, 2.05) is 20.8 Å². The van der Waals surface area contributed by atoms with Crippen LogP contribution in [0, 0.1) is 0 Å². The van der Waals surface area contributed by atoms with E-state index in [4.69, 9.17) is 5.73 Å². The van der Waals surface area contributed by atoms with E-state index in [1.165, 1.54) is 17.1 Å². The summed E-state index contributed by atoms with van der Waals surface area (Å²) in [4.78, 5) is -0.0316. The van der Waals surface area contributed by atoms with Crippen LogP contribution in [0.5, 0.6) is 0 Å². The lowest BCUT2D eigenvalue weighted by Gasteiger charge is -2.12. The first-order valence-electron chi connectivity index (χ1n) is 6.24. The van der Waals surface area contributed by atoms with Gasteiger partial charge in [-0.05, 0) is 20.8 Å². The molecule has 0 aliphatic rings. The van der Waals surface area contributed by atoms with Crippen LogP contribution in [0.25, 0.3) is 0 Å². The molecule has 2 aromatic heterocycles. The molecule has 0 unspecified atom stereocenters. The molecule has 0 fully saturated rings. The normalized spacial score (nSPS) is 12.0. The van der Waals surface area contributed by atoms with Gasteiger partial charge in [-0.25, -0.2) is 13.1 Å². The van der Waals surface area contributed by atoms with Crippen LogP contribution in [-0.4, -0.2) is 28.0 Å². The number of rotatable bonds is 5. The molecule has 3 N–H and O–H groups in total. The molecule has 0 aromatic carbocycles. The standard InChI is InChI=1S/C11H18N6O2S/c1-4-16-7-9(11(12)14-16)20(18,19)15-10-5-6-13-17(10)8(2)3/h5-8,15H,4H2,1-3H3,(H2,12,14). The summed E-state index contributed by atoms with van der Waals surface area (Å²) in [6, 6.07) is 1.64. The number of sulfonamides is 1. The summed E-state index contributed by atoms with van der Waals surface area (Å²) in [7, 11) is -3.78. The SMILES string of the molecule is CCn1cc(S(=O)(=O)Nc2ccnn2C(C)C)c(N)n1. The maximum atomic E-state index is 12.3. The quantitative estimate of drug-likeness (QED) is 0.858. The van der Waals surface area contributed by atoms with Gasteiger partial charge in [0.2, 0.25) is 0 Å². The summed E-state index contributed by atoms with van der Waals surface area (Å²) >= 11 is 0. The number of aromatic nitrogens is 4. The Morgan fingerprint density at radius 2 is 2.15 bits per heavy atom. The van der Waals surface area contributed by atoms with Crippen LogP contribution >= 0.6 is 0 Å². The molecule has 2 rings (SSSR count). The van der Waals surface area contributed by atoms with Crippen LogP contribution in [0.15, 0.2) is 23.4 Å². The number of anilines is 2.